The van der Waals surface area contributed by atoms with E-state index in [1.807, 2.05) is 0 Å². The van der Waals surface area contributed by atoms with Gasteiger partial charge in [0.1, 0.15) is 0 Å². The van der Waals surface area contributed by atoms with Crippen molar-refractivity contribution >= 4 is 6.09 Å². The average molecular weight is 243 g/mol. The molecule has 0 aromatic rings. The van der Waals surface area contributed by atoms with Gasteiger partial charge in [-0.2, -0.15) is 0 Å². The van der Waals surface area contributed by atoms with Gasteiger partial charge in [0.15, 0.2) is 0 Å². The second-order valence-corrected chi connectivity index (χ2v) is 5.86. The lowest BCUT2D eigenvalue weighted by molar-refractivity contribution is 0.115. The van der Waals surface area contributed by atoms with Gasteiger partial charge < -0.3 is 15.3 Å². The van der Waals surface area contributed by atoms with Gasteiger partial charge in [0.2, 0.25) is 0 Å². The fraction of sp³-hybridized carbons (Fsp3) is 0.917. The van der Waals surface area contributed by atoms with Gasteiger partial charge in [0.05, 0.1) is 0 Å². The zero-order chi connectivity index (χ0) is 12.9. The lowest BCUT2D eigenvalue weighted by Gasteiger charge is -2.32. The van der Waals surface area contributed by atoms with Crippen LogP contribution in [0.5, 0.6) is 0 Å². The third kappa shape index (κ3) is 5.89. The summed E-state index contributed by atoms with van der Waals surface area (Å²) in [6, 6.07) is 0. The van der Waals surface area contributed by atoms with Gasteiger partial charge in [0.25, 0.3) is 0 Å². The SMILES string of the molecule is CC(C)(C)CN(CCN1CCNCC1)C(=O)O. The third-order valence-corrected chi connectivity index (χ3v) is 2.83. The van der Waals surface area contributed by atoms with Gasteiger partial charge in [-0.05, 0) is 5.41 Å². The number of amides is 1. The molecule has 0 aromatic carbocycles. The molecule has 1 saturated heterocycles. The van der Waals surface area contributed by atoms with Crippen molar-refractivity contribution in [3.05, 3.63) is 0 Å². The molecule has 100 valence electrons. The second kappa shape index (κ2) is 6.21. The van der Waals surface area contributed by atoms with Gasteiger partial charge in [-0.1, -0.05) is 20.8 Å². The molecule has 0 bridgehead atoms. The van der Waals surface area contributed by atoms with Gasteiger partial charge in [-0.15, -0.1) is 0 Å². The predicted molar refractivity (Wildman–Crippen MR) is 68.4 cm³/mol. The number of carboxylic acid groups (broad SMARTS) is 1. The van der Waals surface area contributed by atoms with Gasteiger partial charge in [0, 0.05) is 45.8 Å². The van der Waals surface area contributed by atoms with Crippen LogP contribution < -0.4 is 5.32 Å². The Hall–Kier alpha value is -0.810. The van der Waals surface area contributed by atoms with Crippen molar-refractivity contribution in [1.29, 1.82) is 0 Å². The predicted octanol–water partition coefficient (Wildman–Crippen LogP) is 0.918. The normalized spacial score (nSPS) is 18.1. The molecule has 0 aromatic heterocycles. The van der Waals surface area contributed by atoms with Crippen LogP contribution in [0.25, 0.3) is 0 Å². The highest BCUT2D eigenvalue weighted by Gasteiger charge is 2.21. The van der Waals surface area contributed by atoms with E-state index in [4.69, 9.17) is 5.11 Å². The van der Waals surface area contributed by atoms with E-state index in [9.17, 15) is 4.79 Å². The molecule has 1 amide bonds. The van der Waals surface area contributed by atoms with Gasteiger partial charge in [-0.3, -0.25) is 4.90 Å². The largest absolute Gasteiger partial charge is 0.465 e. The molecule has 0 spiro atoms. The third-order valence-electron chi connectivity index (χ3n) is 2.83. The van der Waals surface area contributed by atoms with Crippen molar-refractivity contribution in [2.24, 2.45) is 5.41 Å². The van der Waals surface area contributed by atoms with Crippen molar-refractivity contribution in [3.63, 3.8) is 0 Å². The molecule has 5 nitrogen and oxygen atoms in total. The van der Waals surface area contributed by atoms with Gasteiger partial charge >= 0.3 is 6.09 Å². The highest BCUT2D eigenvalue weighted by Crippen LogP contribution is 2.15. The first-order chi connectivity index (χ1) is 7.88. The number of hydrogen-bond acceptors (Lipinski definition) is 3. The van der Waals surface area contributed by atoms with Crippen LogP contribution >= 0.6 is 0 Å². The van der Waals surface area contributed by atoms with Crippen molar-refractivity contribution in [2.75, 3.05) is 45.8 Å². The molecule has 1 aliphatic rings. The van der Waals surface area contributed by atoms with E-state index in [1.165, 1.54) is 4.90 Å². The summed E-state index contributed by atoms with van der Waals surface area (Å²) < 4.78 is 0. The quantitative estimate of drug-likeness (QED) is 0.771. The summed E-state index contributed by atoms with van der Waals surface area (Å²) in [5.74, 6) is 0. The minimum atomic E-state index is -0.810. The van der Waals surface area contributed by atoms with E-state index in [0.29, 0.717) is 13.1 Å². The monoisotopic (exact) mass is 243 g/mol. The number of piperazine rings is 1. The average Bonchev–Trinajstić information content (AvgIpc) is 2.24. The molecule has 1 heterocycles. The molecule has 0 saturated carbocycles. The minimum absolute atomic E-state index is 0.0157. The Morgan fingerprint density at radius 1 is 1.35 bits per heavy atom. The molecule has 17 heavy (non-hydrogen) atoms. The van der Waals surface area contributed by atoms with Crippen LogP contribution in [0.4, 0.5) is 4.79 Å². The summed E-state index contributed by atoms with van der Waals surface area (Å²) in [7, 11) is 0. The zero-order valence-electron chi connectivity index (χ0n) is 11.2. The maximum absolute atomic E-state index is 11.1. The number of hydrogen-bond donors (Lipinski definition) is 2. The van der Waals surface area contributed by atoms with E-state index in [2.05, 4.69) is 31.0 Å². The maximum atomic E-state index is 11.1. The van der Waals surface area contributed by atoms with Crippen molar-refractivity contribution in [3.8, 4) is 0 Å². The molecule has 0 aliphatic carbocycles. The molecule has 1 fully saturated rings. The number of nitrogens with zero attached hydrogens (tertiary/aromatic N) is 2. The van der Waals surface area contributed by atoms with E-state index in [0.717, 1.165) is 32.7 Å². The molecular formula is C12H25N3O2. The number of nitrogens with one attached hydrogen (secondary N) is 1. The van der Waals surface area contributed by atoms with Crippen LogP contribution in [0.1, 0.15) is 20.8 Å². The first-order valence-corrected chi connectivity index (χ1v) is 6.29. The van der Waals surface area contributed by atoms with Crippen molar-refractivity contribution in [2.45, 2.75) is 20.8 Å². The Morgan fingerprint density at radius 2 is 1.94 bits per heavy atom. The summed E-state index contributed by atoms with van der Waals surface area (Å²) in [6.45, 7) is 12.3. The van der Waals surface area contributed by atoms with Crippen molar-refractivity contribution < 1.29 is 9.90 Å². The van der Waals surface area contributed by atoms with Crippen LogP contribution in [0.15, 0.2) is 0 Å². The van der Waals surface area contributed by atoms with Crippen LogP contribution in [0.2, 0.25) is 0 Å². The number of rotatable bonds is 4. The Labute approximate surface area is 104 Å². The Bertz CT molecular complexity index is 245. The van der Waals surface area contributed by atoms with Crippen LogP contribution in [-0.2, 0) is 0 Å². The summed E-state index contributed by atoms with van der Waals surface area (Å²) in [5, 5.41) is 12.5. The Kier molecular flexibility index (Phi) is 5.21. The van der Waals surface area contributed by atoms with Crippen LogP contribution in [-0.4, -0.2) is 66.8 Å². The summed E-state index contributed by atoms with van der Waals surface area (Å²) in [4.78, 5) is 15.0. The first kappa shape index (κ1) is 14.3. The lowest BCUT2D eigenvalue weighted by atomic mass is 9.96. The van der Waals surface area contributed by atoms with E-state index < -0.39 is 6.09 Å². The highest BCUT2D eigenvalue weighted by atomic mass is 16.4. The number of carbonyl (C=O) groups is 1. The van der Waals surface area contributed by atoms with E-state index in [-0.39, 0.29) is 5.41 Å². The molecule has 2 N–H and O–H groups in total. The summed E-state index contributed by atoms with van der Waals surface area (Å²) >= 11 is 0. The zero-order valence-corrected chi connectivity index (χ0v) is 11.2. The molecule has 0 atom stereocenters. The van der Waals surface area contributed by atoms with Crippen LogP contribution in [0, 0.1) is 5.41 Å². The molecule has 0 unspecified atom stereocenters. The molecular weight excluding hydrogens is 218 g/mol. The van der Waals surface area contributed by atoms with Crippen molar-refractivity contribution in [1.82, 2.24) is 15.1 Å². The van der Waals surface area contributed by atoms with Gasteiger partial charge in [-0.25, -0.2) is 4.79 Å². The fourth-order valence-electron chi connectivity index (χ4n) is 2.01. The maximum Gasteiger partial charge on any atom is 0.407 e. The Morgan fingerprint density at radius 3 is 2.41 bits per heavy atom. The fourth-order valence-corrected chi connectivity index (χ4v) is 2.01. The Balaban J connectivity index is 2.36. The second-order valence-electron chi connectivity index (χ2n) is 5.86. The molecule has 0 radical (unpaired) electrons. The first-order valence-electron chi connectivity index (χ1n) is 6.29. The minimum Gasteiger partial charge on any atom is -0.465 e. The van der Waals surface area contributed by atoms with E-state index in [1.54, 1.807) is 0 Å². The summed E-state index contributed by atoms with van der Waals surface area (Å²) in [6.07, 6.45) is -0.810. The molecule has 1 rings (SSSR count). The highest BCUT2D eigenvalue weighted by molar-refractivity contribution is 5.65. The van der Waals surface area contributed by atoms with E-state index >= 15 is 0 Å². The standard InChI is InChI=1S/C12H25N3O2/c1-12(2,3)10-15(11(16)17)9-8-14-6-4-13-5-7-14/h13H,4-10H2,1-3H3,(H,16,17). The lowest BCUT2D eigenvalue weighted by Crippen LogP contribution is -2.48. The molecule has 1 aliphatic heterocycles. The molecule has 5 heteroatoms. The topological polar surface area (TPSA) is 55.8 Å². The smallest absolute Gasteiger partial charge is 0.407 e. The summed E-state index contributed by atoms with van der Waals surface area (Å²) in [5.41, 5.74) is 0.0157. The van der Waals surface area contributed by atoms with Crippen LogP contribution in [0.3, 0.4) is 0 Å².